The number of aliphatic hydroxyl groups is 10. The molecule has 0 radical (unpaired) electrons. The van der Waals surface area contributed by atoms with Crippen LogP contribution in [-0.4, -0.2) is 131 Å². The van der Waals surface area contributed by atoms with Crippen LogP contribution in [0, 0.1) is 0 Å². The number of aliphatic hydroxyl groups excluding tert-OH is 10. The van der Waals surface area contributed by atoms with Crippen molar-refractivity contribution in [2.45, 2.75) is 48.8 Å². The summed E-state index contributed by atoms with van der Waals surface area (Å²) in [6.45, 7) is -1.75. The molecule has 13 nitrogen and oxygen atoms in total. The van der Waals surface area contributed by atoms with Crippen LogP contribution >= 0.6 is 0 Å². The maximum atomic E-state index is 10.1. The third-order valence-corrected chi connectivity index (χ3v) is 3.07. The Balaban J connectivity index is 0. The smallest absolute Gasteiger partial charge is 0.335 e. The van der Waals surface area contributed by atoms with Crippen molar-refractivity contribution in [2.24, 2.45) is 5.73 Å². The molecule has 0 saturated heterocycles. The number of hydrogen-bond donors (Lipinski definition) is 12. The van der Waals surface area contributed by atoms with Gasteiger partial charge in [0.25, 0.3) is 0 Å². The molecule has 0 unspecified atom stereocenters. The zero-order chi connectivity index (χ0) is 20.3. The van der Waals surface area contributed by atoms with Crippen LogP contribution in [0.1, 0.15) is 0 Å². The van der Waals surface area contributed by atoms with Crippen molar-refractivity contribution in [1.29, 1.82) is 0 Å². The van der Waals surface area contributed by atoms with Gasteiger partial charge in [0.05, 0.1) is 19.3 Å². The highest BCUT2D eigenvalue weighted by atomic mass is 16.4. The van der Waals surface area contributed by atoms with Crippen LogP contribution < -0.4 is 5.73 Å². The van der Waals surface area contributed by atoms with Crippen molar-refractivity contribution in [1.82, 2.24) is 0 Å². The summed E-state index contributed by atoms with van der Waals surface area (Å²) >= 11 is 0. The Morgan fingerprint density at radius 3 is 1.28 bits per heavy atom. The molecule has 13 N–H and O–H groups in total. The lowest BCUT2D eigenvalue weighted by Crippen LogP contribution is -2.48. The number of aliphatic carboxylic acids is 1. The highest BCUT2D eigenvalue weighted by Crippen LogP contribution is 2.05. The van der Waals surface area contributed by atoms with Crippen LogP contribution in [0.2, 0.25) is 0 Å². The lowest BCUT2D eigenvalue weighted by Gasteiger charge is -2.24. The van der Waals surface area contributed by atoms with Crippen molar-refractivity contribution in [3.8, 4) is 0 Å². The molecule has 8 atom stereocenters. The fourth-order valence-corrected chi connectivity index (χ4v) is 1.37. The van der Waals surface area contributed by atoms with Crippen LogP contribution in [0.3, 0.4) is 0 Å². The molecule has 0 bridgehead atoms. The van der Waals surface area contributed by atoms with Crippen LogP contribution in [0.15, 0.2) is 0 Å². The number of carboxylic acid groups (broad SMARTS) is 1. The van der Waals surface area contributed by atoms with E-state index in [0.29, 0.717) is 0 Å². The van der Waals surface area contributed by atoms with Crippen molar-refractivity contribution < 1.29 is 61.0 Å². The van der Waals surface area contributed by atoms with E-state index in [9.17, 15) is 4.79 Å². The number of carboxylic acids is 1. The first kappa shape index (κ1) is 26.3. The standard InChI is InChI=1S/C6H15NO5.C6H12O7/c7-1-3(9)5(11)6(12)4(10)2-8;7-1-2(8)3(9)4(10)5(11)6(12)13/h3-6,8-12H,1-2,7H2;2-5,7-11H,1H2,(H,12,13)/t3-,4+,5+,6+;2-,3-,4+,5-/m01/s1. The van der Waals surface area contributed by atoms with Crippen LogP contribution in [0.5, 0.6) is 0 Å². The number of nitrogens with two attached hydrogens (primary N) is 1. The van der Waals surface area contributed by atoms with Crippen molar-refractivity contribution >= 4 is 5.97 Å². The molecule has 0 rings (SSSR count). The molecule has 152 valence electrons. The molecule has 0 aliphatic carbocycles. The summed E-state index contributed by atoms with van der Waals surface area (Å²) in [6.07, 6.45) is -13.7. The topological polar surface area (TPSA) is 266 Å². The summed E-state index contributed by atoms with van der Waals surface area (Å²) in [7, 11) is 0. The zero-order valence-corrected chi connectivity index (χ0v) is 13.1. The third-order valence-electron chi connectivity index (χ3n) is 3.07. The number of hydrogen-bond acceptors (Lipinski definition) is 12. The Labute approximate surface area is 142 Å². The monoisotopic (exact) mass is 377 g/mol. The summed E-state index contributed by atoms with van der Waals surface area (Å²) in [4.78, 5) is 10.1. The van der Waals surface area contributed by atoms with Crippen molar-refractivity contribution in [3.05, 3.63) is 0 Å². The zero-order valence-electron chi connectivity index (χ0n) is 13.1. The second-order valence-electron chi connectivity index (χ2n) is 5.05. The Morgan fingerprint density at radius 1 is 0.680 bits per heavy atom. The Hall–Kier alpha value is -0.970. The maximum absolute atomic E-state index is 10.1. The summed E-state index contributed by atoms with van der Waals surface area (Å²) in [6, 6.07) is 0. The van der Waals surface area contributed by atoms with Gasteiger partial charge in [-0.05, 0) is 0 Å². The molecule has 13 heteroatoms. The first-order valence-electron chi connectivity index (χ1n) is 7.05. The first-order valence-corrected chi connectivity index (χ1v) is 7.05. The Morgan fingerprint density at radius 2 is 1.00 bits per heavy atom. The molecule has 0 fully saturated rings. The van der Waals surface area contributed by atoms with Gasteiger partial charge in [0, 0.05) is 6.54 Å². The molecule has 0 aliphatic rings. The molecule has 25 heavy (non-hydrogen) atoms. The SMILES string of the molecule is NC[C@H](O)[C@@H](O)[C@H](O)[C@H](O)CO.O=C(O)[C@H](O)[C@@H](O)[C@H](O)[C@H](O)CO. The van der Waals surface area contributed by atoms with E-state index < -0.39 is 68.0 Å². The molecule has 0 saturated carbocycles. The van der Waals surface area contributed by atoms with E-state index in [0.717, 1.165) is 0 Å². The normalized spacial score (nSPS) is 20.9. The molecule has 0 aromatic heterocycles. The van der Waals surface area contributed by atoms with Gasteiger partial charge >= 0.3 is 5.97 Å². The first-order chi connectivity index (χ1) is 11.5. The predicted octanol–water partition coefficient (Wildman–Crippen LogP) is -7.11. The van der Waals surface area contributed by atoms with E-state index in [4.69, 9.17) is 61.9 Å². The van der Waals surface area contributed by atoms with E-state index in [1.54, 1.807) is 0 Å². The predicted molar refractivity (Wildman–Crippen MR) is 78.9 cm³/mol. The van der Waals surface area contributed by atoms with Gasteiger partial charge in [0.15, 0.2) is 6.10 Å². The molecule has 0 aliphatic heterocycles. The lowest BCUT2D eigenvalue weighted by atomic mass is 10.0. The Bertz CT molecular complexity index is 345. The molecular weight excluding hydrogens is 350 g/mol. The van der Waals surface area contributed by atoms with E-state index in [1.165, 1.54) is 0 Å². The second kappa shape index (κ2) is 13.3. The summed E-state index contributed by atoms with van der Waals surface area (Å²) < 4.78 is 0. The van der Waals surface area contributed by atoms with E-state index in [-0.39, 0.29) is 6.54 Å². The van der Waals surface area contributed by atoms with Gasteiger partial charge in [-0.25, -0.2) is 4.79 Å². The minimum Gasteiger partial charge on any atom is -0.479 e. The summed E-state index contributed by atoms with van der Waals surface area (Å²) in [5.41, 5.74) is 4.99. The minimum absolute atomic E-state index is 0.226. The van der Waals surface area contributed by atoms with Gasteiger partial charge < -0.3 is 61.9 Å². The highest BCUT2D eigenvalue weighted by Gasteiger charge is 2.33. The summed E-state index contributed by atoms with van der Waals surface area (Å²) in [5.74, 6) is -1.73. The maximum Gasteiger partial charge on any atom is 0.335 e. The molecular formula is C12H27NO12. The minimum atomic E-state index is -2.20. The average molecular weight is 377 g/mol. The fraction of sp³-hybridized carbons (Fsp3) is 0.917. The molecule has 0 spiro atoms. The Kier molecular flexibility index (Phi) is 13.9. The van der Waals surface area contributed by atoms with Crippen LogP contribution in [0.4, 0.5) is 0 Å². The second-order valence-corrected chi connectivity index (χ2v) is 5.05. The number of rotatable bonds is 10. The van der Waals surface area contributed by atoms with Crippen molar-refractivity contribution in [3.63, 3.8) is 0 Å². The quantitative estimate of drug-likeness (QED) is 0.169. The summed E-state index contributed by atoms with van der Waals surface area (Å²) in [5, 5.41) is 96.0. The lowest BCUT2D eigenvalue weighted by molar-refractivity contribution is -0.164. The van der Waals surface area contributed by atoms with Gasteiger partial charge in [-0.1, -0.05) is 0 Å². The van der Waals surface area contributed by atoms with Crippen molar-refractivity contribution in [2.75, 3.05) is 19.8 Å². The van der Waals surface area contributed by atoms with E-state index in [1.807, 2.05) is 0 Å². The molecule has 0 aromatic carbocycles. The number of carbonyl (C=O) groups is 1. The van der Waals surface area contributed by atoms with Gasteiger partial charge in [-0.15, -0.1) is 0 Å². The molecule has 0 amide bonds. The van der Waals surface area contributed by atoms with Crippen LogP contribution in [-0.2, 0) is 4.79 Å². The van der Waals surface area contributed by atoms with Gasteiger partial charge in [-0.3, -0.25) is 0 Å². The van der Waals surface area contributed by atoms with Crippen LogP contribution in [0.25, 0.3) is 0 Å². The largest absolute Gasteiger partial charge is 0.479 e. The average Bonchev–Trinajstić information content (AvgIpc) is 2.62. The van der Waals surface area contributed by atoms with E-state index >= 15 is 0 Å². The van der Waals surface area contributed by atoms with E-state index in [2.05, 4.69) is 0 Å². The third kappa shape index (κ3) is 9.34. The van der Waals surface area contributed by atoms with Gasteiger partial charge in [-0.2, -0.15) is 0 Å². The highest BCUT2D eigenvalue weighted by molar-refractivity contribution is 5.72. The van der Waals surface area contributed by atoms with Gasteiger partial charge in [0.2, 0.25) is 0 Å². The fourth-order valence-electron chi connectivity index (χ4n) is 1.37. The molecule has 0 aromatic rings. The van der Waals surface area contributed by atoms with Gasteiger partial charge in [0.1, 0.15) is 36.6 Å². The molecule has 0 heterocycles.